The highest BCUT2D eigenvalue weighted by Crippen LogP contribution is 2.40. The third-order valence-corrected chi connectivity index (χ3v) is 7.34. The van der Waals surface area contributed by atoms with E-state index in [0.29, 0.717) is 28.6 Å². The predicted octanol–water partition coefficient (Wildman–Crippen LogP) is 2.98. The maximum Gasteiger partial charge on any atom is 0.313 e. The second kappa shape index (κ2) is 8.10. The molecule has 0 fully saturated rings. The number of nitrogens with zero attached hydrogens (tertiary/aromatic N) is 1. The first kappa shape index (κ1) is 20.0. The van der Waals surface area contributed by atoms with E-state index in [9.17, 15) is 13.2 Å². The molecule has 3 rings (SSSR count). The number of para-hydroxylation sites is 1. The van der Waals surface area contributed by atoms with Gasteiger partial charge in [0, 0.05) is 24.4 Å². The van der Waals surface area contributed by atoms with Gasteiger partial charge in [0.25, 0.3) is 10.0 Å². The lowest BCUT2D eigenvalue weighted by Gasteiger charge is -2.22. The third-order valence-electron chi connectivity index (χ3n) is 4.33. The quantitative estimate of drug-likeness (QED) is 0.690. The molecule has 0 saturated heterocycles. The van der Waals surface area contributed by atoms with E-state index in [1.165, 1.54) is 29.2 Å². The first-order valence-corrected chi connectivity index (χ1v) is 11.2. The standard InChI is InChI=1S/C18H19ClN2O4S2/c1-21-15-5-3-2-4-13(15)18(20-8-9-26-11-17(22)23)14-7-6-12(19)10-16(14)27(21,24)25/h2-7,10,18,20H,8-9,11H2,1H3,(H,22,23). The Balaban J connectivity index is 2.01. The molecule has 0 radical (unpaired) electrons. The first-order valence-electron chi connectivity index (χ1n) is 8.22. The van der Waals surface area contributed by atoms with E-state index in [4.69, 9.17) is 16.7 Å². The van der Waals surface area contributed by atoms with Crippen molar-refractivity contribution in [1.29, 1.82) is 0 Å². The molecule has 2 aromatic carbocycles. The Bertz CT molecular complexity index is 966. The average Bonchev–Trinajstić information content (AvgIpc) is 2.70. The van der Waals surface area contributed by atoms with Gasteiger partial charge in [-0.3, -0.25) is 9.10 Å². The number of anilines is 1. The van der Waals surface area contributed by atoms with E-state index in [1.807, 2.05) is 12.1 Å². The molecular weight excluding hydrogens is 408 g/mol. The molecule has 9 heteroatoms. The van der Waals surface area contributed by atoms with Crippen molar-refractivity contribution < 1.29 is 18.3 Å². The van der Waals surface area contributed by atoms with Gasteiger partial charge in [-0.2, -0.15) is 0 Å². The fourth-order valence-corrected chi connectivity index (χ4v) is 5.39. The van der Waals surface area contributed by atoms with Gasteiger partial charge in [0.05, 0.1) is 22.4 Å². The van der Waals surface area contributed by atoms with Crippen LogP contribution in [0.2, 0.25) is 5.02 Å². The van der Waals surface area contributed by atoms with Crippen LogP contribution in [0.15, 0.2) is 47.4 Å². The van der Waals surface area contributed by atoms with E-state index >= 15 is 0 Å². The number of thioether (sulfide) groups is 1. The lowest BCUT2D eigenvalue weighted by Crippen LogP contribution is -2.26. The third kappa shape index (κ3) is 4.08. The molecule has 1 heterocycles. The van der Waals surface area contributed by atoms with Crippen LogP contribution in [0.25, 0.3) is 0 Å². The molecule has 27 heavy (non-hydrogen) atoms. The van der Waals surface area contributed by atoms with Gasteiger partial charge in [0.15, 0.2) is 0 Å². The molecule has 6 nitrogen and oxygen atoms in total. The number of halogens is 1. The van der Waals surface area contributed by atoms with E-state index < -0.39 is 16.0 Å². The number of hydrogen-bond donors (Lipinski definition) is 2. The summed E-state index contributed by atoms with van der Waals surface area (Å²) in [6.07, 6.45) is 0. The SMILES string of the molecule is CN1c2ccccc2C(NCCSCC(=O)O)c2ccc(Cl)cc2S1(=O)=O. The Morgan fingerprint density at radius 1 is 1.26 bits per heavy atom. The highest BCUT2D eigenvalue weighted by molar-refractivity contribution is 7.99. The molecule has 0 saturated carbocycles. The summed E-state index contributed by atoms with van der Waals surface area (Å²) in [6.45, 7) is 0.531. The van der Waals surface area contributed by atoms with Crippen molar-refractivity contribution in [3.05, 3.63) is 58.6 Å². The first-order chi connectivity index (χ1) is 12.8. The van der Waals surface area contributed by atoms with Crippen LogP contribution in [0.4, 0.5) is 5.69 Å². The molecule has 0 aliphatic carbocycles. The van der Waals surface area contributed by atoms with Crippen molar-refractivity contribution in [3.63, 3.8) is 0 Å². The van der Waals surface area contributed by atoms with Gasteiger partial charge in [0.1, 0.15) is 0 Å². The van der Waals surface area contributed by atoms with Gasteiger partial charge >= 0.3 is 5.97 Å². The number of benzene rings is 2. The second-order valence-electron chi connectivity index (χ2n) is 6.05. The Morgan fingerprint density at radius 3 is 2.74 bits per heavy atom. The Kier molecular flexibility index (Phi) is 6.00. The van der Waals surface area contributed by atoms with Gasteiger partial charge in [-0.1, -0.05) is 35.9 Å². The Morgan fingerprint density at radius 2 is 2.00 bits per heavy atom. The molecule has 0 amide bonds. The van der Waals surface area contributed by atoms with Crippen LogP contribution in [-0.4, -0.2) is 44.6 Å². The van der Waals surface area contributed by atoms with Crippen molar-refractivity contribution in [2.75, 3.05) is 29.4 Å². The van der Waals surface area contributed by atoms with E-state index in [1.54, 1.807) is 24.3 Å². The molecule has 1 aliphatic rings. The van der Waals surface area contributed by atoms with Crippen molar-refractivity contribution in [2.45, 2.75) is 10.9 Å². The summed E-state index contributed by atoms with van der Waals surface area (Å²) in [5.41, 5.74) is 2.06. The summed E-state index contributed by atoms with van der Waals surface area (Å²) >= 11 is 7.39. The molecule has 0 bridgehead atoms. The number of fused-ring (bicyclic) bond motifs is 2. The molecule has 1 atom stereocenters. The van der Waals surface area contributed by atoms with E-state index in [0.717, 1.165) is 5.56 Å². The number of carboxylic acid groups (broad SMARTS) is 1. The number of nitrogens with one attached hydrogen (secondary N) is 1. The Hall–Kier alpha value is -1.74. The predicted molar refractivity (Wildman–Crippen MR) is 108 cm³/mol. The lowest BCUT2D eigenvalue weighted by atomic mass is 9.97. The van der Waals surface area contributed by atoms with Crippen molar-refractivity contribution in [3.8, 4) is 0 Å². The number of carbonyl (C=O) groups is 1. The van der Waals surface area contributed by atoms with E-state index in [-0.39, 0.29) is 16.7 Å². The van der Waals surface area contributed by atoms with Gasteiger partial charge in [0.2, 0.25) is 0 Å². The second-order valence-corrected chi connectivity index (χ2v) is 9.53. The molecule has 1 unspecified atom stereocenters. The number of sulfonamides is 1. The topological polar surface area (TPSA) is 86.7 Å². The van der Waals surface area contributed by atoms with Crippen LogP contribution in [0.3, 0.4) is 0 Å². The van der Waals surface area contributed by atoms with E-state index in [2.05, 4.69) is 5.32 Å². The minimum atomic E-state index is -3.75. The summed E-state index contributed by atoms with van der Waals surface area (Å²) in [7, 11) is -2.21. The minimum absolute atomic E-state index is 0.0340. The molecule has 144 valence electrons. The lowest BCUT2D eigenvalue weighted by molar-refractivity contribution is -0.133. The molecule has 0 aromatic heterocycles. The number of carboxylic acids is 1. The fraction of sp³-hybridized carbons (Fsp3) is 0.278. The van der Waals surface area contributed by atoms with Crippen LogP contribution in [0.5, 0.6) is 0 Å². The number of rotatable bonds is 6. The minimum Gasteiger partial charge on any atom is -0.481 e. The summed E-state index contributed by atoms with van der Waals surface area (Å²) in [5, 5.41) is 12.5. The maximum absolute atomic E-state index is 13.1. The van der Waals surface area contributed by atoms with Crippen LogP contribution >= 0.6 is 23.4 Å². The maximum atomic E-state index is 13.1. The van der Waals surface area contributed by atoms with Crippen LogP contribution in [0.1, 0.15) is 17.2 Å². The van der Waals surface area contributed by atoms with Crippen molar-refractivity contribution >= 4 is 45.0 Å². The molecule has 1 aliphatic heterocycles. The van der Waals surface area contributed by atoms with Gasteiger partial charge < -0.3 is 10.4 Å². The highest BCUT2D eigenvalue weighted by atomic mass is 35.5. The summed E-state index contributed by atoms with van der Waals surface area (Å²) < 4.78 is 27.5. The average molecular weight is 427 g/mol. The van der Waals surface area contributed by atoms with Gasteiger partial charge in [-0.15, -0.1) is 11.8 Å². The molecule has 2 N–H and O–H groups in total. The summed E-state index contributed by atoms with van der Waals surface area (Å²) in [6, 6.07) is 11.9. The smallest absolute Gasteiger partial charge is 0.313 e. The van der Waals surface area contributed by atoms with Crippen molar-refractivity contribution in [1.82, 2.24) is 5.32 Å². The summed E-state index contributed by atoms with van der Waals surface area (Å²) in [5.74, 6) is -0.226. The fourth-order valence-electron chi connectivity index (χ4n) is 3.09. The summed E-state index contributed by atoms with van der Waals surface area (Å²) in [4.78, 5) is 10.8. The zero-order valence-corrected chi connectivity index (χ0v) is 16.9. The van der Waals surface area contributed by atoms with Gasteiger partial charge in [-0.25, -0.2) is 8.42 Å². The van der Waals surface area contributed by atoms with Crippen molar-refractivity contribution in [2.24, 2.45) is 0 Å². The molecule has 2 aromatic rings. The normalized spacial score (nSPS) is 17.7. The highest BCUT2D eigenvalue weighted by Gasteiger charge is 2.34. The monoisotopic (exact) mass is 426 g/mol. The zero-order chi connectivity index (χ0) is 19.6. The van der Waals surface area contributed by atoms with Crippen LogP contribution in [0, 0.1) is 0 Å². The van der Waals surface area contributed by atoms with Crippen LogP contribution in [-0.2, 0) is 14.8 Å². The number of aliphatic carboxylic acids is 1. The van der Waals surface area contributed by atoms with Crippen LogP contribution < -0.4 is 9.62 Å². The number of hydrogen-bond acceptors (Lipinski definition) is 5. The zero-order valence-electron chi connectivity index (χ0n) is 14.6. The van der Waals surface area contributed by atoms with Gasteiger partial charge in [-0.05, 0) is 29.3 Å². The molecular formula is C18H19ClN2O4S2. The largest absolute Gasteiger partial charge is 0.481 e. The Labute approximate surface area is 167 Å². The molecule has 0 spiro atoms.